The van der Waals surface area contributed by atoms with E-state index in [1.807, 2.05) is 0 Å². The summed E-state index contributed by atoms with van der Waals surface area (Å²) in [5.41, 5.74) is 5.43. The molecule has 0 radical (unpaired) electrons. The zero-order valence-electron chi connectivity index (χ0n) is 5.58. The van der Waals surface area contributed by atoms with Crippen LogP contribution in [0.1, 0.15) is 10.4 Å². The smallest absolute Gasteiger partial charge is 0.248 e. The molecule has 1 rings (SSSR count). The Morgan fingerprint density at radius 3 is 2.27 bits per heavy atom. The quantitative estimate of drug-likeness (QED) is 0.730. The Balaban J connectivity index is 2.91. The molecule has 0 saturated carbocycles. The number of carbonyl (C=O) groups is 1. The molecule has 2 N–H and O–H groups in total. The van der Waals surface area contributed by atoms with Crippen LogP contribution < -0.4 is 10.0 Å². The van der Waals surface area contributed by atoms with Gasteiger partial charge < -0.3 is 10.0 Å². The maximum absolute atomic E-state index is 10.5. The summed E-state index contributed by atoms with van der Waals surface area (Å²) >= 11 is 5.04. The molecular formula is C7H6ClNO2. The lowest BCUT2D eigenvalue weighted by atomic mass is 10.2. The Hall–Kier alpha value is -1.22. The first kappa shape index (κ1) is 7.88. The van der Waals surface area contributed by atoms with Gasteiger partial charge in [0.25, 0.3) is 0 Å². The van der Waals surface area contributed by atoms with Crippen molar-refractivity contribution in [3.63, 3.8) is 0 Å². The highest BCUT2D eigenvalue weighted by atomic mass is 35.5. The first-order valence-electron chi connectivity index (χ1n) is 2.92. The average Bonchev–Trinajstić information content (AvgIpc) is 2.05. The number of hydrogen-bond donors (Lipinski definition) is 1. The molecule has 0 bridgehead atoms. The molecule has 0 aliphatic rings. The third kappa shape index (κ3) is 1.85. The fraction of sp³-hybridized carbons (Fsp3) is 0. The molecule has 0 aliphatic carbocycles. The molecule has 0 aliphatic heterocycles. The SMILES string of the molecule is NC(=O)c1ccc(OCl)cc1. The lowest BCUT2D eigenvalue weighted by Crippen LogP contribution is -2.10. The molecule has 1 amide bonds. The molecule has 4 heteroatoms. The standard InChI is InChI=1S/C7H6ClNO2/c8-11-6-3-1-5(2-4-6)7(9)10/h1-4H,(H2,9,10). The molecule has 0 aromatic heterocycles. The first-order chi connectivity index (χ1) is 5.24. The molecule has 1 aromatic rings. The van der Waals surface area contributed by atoms with Crippen LogP contribution in [0.4, 0.5) is 0 Å². The summed E-state index contributed by atoms with van der Waals surface area (Å²) in [6, 6.07) is 6.21. The van der Waals surface area contributed by atoms with Crippen molar-refractivity contribution in [2.24, 2.45) is 5.73 Å². The van der Waals surface area contributed by atoms with Crippen LogP contribution in [0.25, 0.3) is 0 Å². The number of benzene rings is 1. The minimum absolute atomic E-state index is 0.433. The second kappa shape index (κ2) is 3.25. The number of carbonyl (C=O) groups excluding carboxylic acids is 1. The minimum atomic E-state index is -0.467. The summed E-state index contributed by atoms with van der Waals surface area (Å²) in [6.07, 6.45) is 0. The van der Waals surface area contributed by atoms with Gasteiger partial charge in [0, 0.05) is 5.56 Å². The van der Waals surface area contributed by atoms with Crippen molar-refractivity contribution in [3.05, 3.63) is 29.8 Å². The summed E-state index contributed by atoms with van der Waals surface area (Å²) in [7, 11) is 0. The van der Waals surface area contributed by atoms with Crippen LogP contribution in [-0.4, -0.2) is 5.91 Å². The fourth-order valence-corrected chi connectivity index (χ4v) is 0.774. The van der Waals surface area contributed by atoms with Crippen LogP contribution >= 0.6 is 11.9 Å². The number of hydrogen-bond acceptors (Lipinski definition) is 2. The highest BCUT2D eigenvalue weighted by Crippen LogP contribution is 2.12. The van der Waals surface area contributed by atoms with Gasteiger partial charge in [-0.3, -0.25) is 4.79 Å². The zero-order valence-corrected chi connectivity index (χ0v) is 6.34. The summed E-state index contributed by atoms with van der Waals surface area (Å²) in [5, 5.41) is 0. The van der Waals surface area contributed by atoms with Gasteiger partial charge in [-0.15, -0.1) is 0 Å². The van der Waals surface area contributed by atoms with Gasteiger partial charge in [-0.1, -0.05) is 0 Å². The third-order valence-electron chi connectivity index (χ3n) is 1.23. The van der Waals surface area contributed by atoms with E-state index in [1.54, 1.807) is 24.3 Å². The molecule has 3 nitrogen and oxygen atoms in total. The maximum atomic E-state index is 10.5. The van der Waals surface area contributed by atoms with E-state index in [-0.39, 0.29) is 0 Å². The third-order valence-corrected chi connectivity index (χ3v) is 1.41. The monoisotopic (exact) mass is 171 g/mol. The zero-order chi connectivity index (χ0) is 8.27. The Labute approximate surface area is 68.9 Å². The number of amides is 1. The normalized spacial score (nSPS) is 9.18. The molecule has 0 fully saturated rings. The molecule has 58 valence electrons. The molecule has 0 unspecified atom stereocenters. The number of rotatable bonds is 2. The van der Waals surface area contributed by atoms with Crippen LogP contribution in [-0.2, 0) is 0 Å². The van der Waals surface area contributed by atoms with Gasteiger partial charge in [0.15, 0.2) is 0 Å². The largest absolute Gasteiger partial charge is 0.386 e. The van der Waals surface area contributed by atoms with Crippen LogP contribution in [0, 0.1) is 0 Å². The lowest BCUT2D eigenvalue weighted by Gasteiger charge is -1.96. The average molecular weight is 172 g/mol. The number of halogens is 1. The van der Waals surface area contributed by atoms with Crippen molar-refractivity contribution in [1.82, 2.24) is 0 Å². The predicted molar refractivity (Wildman–Crippen MR) is 41.4 cm³/mol. The topological polar surface area (TPSA) is 52.3 Å². The second-order valence-electron chi connectivity index (χ2n) is 1.97. The van der Waals surface area contributed by atoms with Crippen molar-refractivity contribution in [3.8, 4) is 5.75 Å². The van der Waals surface area contributed by atoms with Crippen molar-refractivity contribution < 1.29 is 9.08 Å². The fourth-order valence-electron chi connectivity index (χ4n) is 0.671. The Bertz CT molecular complexity index is 258. The van der Waals surface area contributed by atoms with Crippen molar-refractivity contribution in [2.45, 2.75) is 0 Å². The van der Waals surface area contributed by atoms with Crippen LogP contribution in [0.5, 0.6) is 5.75 Å². The molecule has 11 heavy (non-hydrogen) atoms. The number of primary amides is 1. The van der Waals surface area contributed by atoms with E-state index in [0.717, 1.165) is 0 Å². The van der Waals surface area contributed by atoms with Crippen LogP contribution in [0.3, 0.4) is 0 Å². The van der Waals surface area contributed by atoms with E-state index in [9.17, 15) is 4.79 Å². The van der Waals surface area contributed by atoms with E-state index >= 15 is 0 Å². The van der Waals surface area contributed by atoms with E-state index in [1.165, 1.54) is 0 Å². The molecule has 0 spiro atoms. The predicted octanol–water partition coefficient (Wildman–Crippen LogP) is 1.32. The van der Waals surface area contributed by atoms with Crippen LogP contribution in [0.2, 0.25) is 0 Å². The van der Waals surface area contributed by atoms with Crippen molar-refractivity contribution in [2.75, 3.05) is 0 Å². The summed E-state index contributed by atoms with van der Waals surface area (Å²) in [5.74, 6) is 0.0165. The Kier molecular flexibility index (Phi) is 2.33. The number of nitrogens with two attached hydrogens (primary N) is 1. The van der Waals surface area contributed by atoms with Crippen molar-refractivity contribution >= 4 is 17.8 Å². The second-order valence-corrected chi connectivity index (χ2v) is 2.12. The maximum Gasteiger partial charge on any atom is 0.248 e. The summed E-state index contributed by atoms with van der Waals surface area (Å²) < 4.78 is 4.37. The van der Waals surface area contributed by atoms with E-state index < -0.39 is 5.91 Å². The molecule has 0 heterocycles. The van der Waals surface area contributed by atoms with Gasteiger partial charge in [0.1, 0.15) is 17.6 Å². The van der Waals surface area contributed by atoms with E-state index in [2.05, 4.69) is 4.29 Å². The molecule has 0 saturated heterocycles. The summed E-state index contributed by atoms with van der Waals surface area (Å²) in [4.78, 5) is 10.5. The van der Waals surface area contributed by atoms with Gasteiger partial charge in [-0.25, -0.2) is 0 Å². The van der Waals surface area contributed by atoms with Gasteiger partial charge in [0.2, 0.25) is 5.91 Å². The van der Waals surface area contributed by atoms with Gasteiger partial charge in [0.05, 0.1) is 0 Å². The molecule has 0 atom stereocenters. The van der Waals surface area contributed by atoms with Gasteiger partial charge in [-0.2, -0.15) is 0 Å². The minimum Gasteiger partial charge on any atom is -0.386 e. The first-order valence-corrected chi connectivity index (χ1v) is 3.23. The summed E-state index contributed by atoms with van der Waals surface area (Å²) in [6.45, 7) is 0. The van der Waals surface area contributed by atoms with Gasteiger partial charge >= 0.3 is 0 Å². The van der Waals surface area contributed by atoms with E-state index in [0.29, 0.717) is 11.3 Å². The lowest BCUT2D eigenvalue weighted by molar-refractivity contribution is 0.100. The van der Waals surface area contributed by atoms with E-state index in [4.69, 9.17) is 17.6 Å². The highest BCUT2D eigenvalue weighted by Gasteiger charge is 1.98. The molecule has 1 aromatic carbocycles. The van der Waals surface area contributed by atoms with Gasteiger partial charge in [-0.05, 0) is 24.3 Å². The van der Waals surface area contributed by atoms with Crippen molar-refractivity contribution in [1.29, 1.82) is 0 Å². The Morgan fingerprint density at radius 2 is 1.91 bits per heavy atom. The Morgan fingerprint density at radius 1 is 1.36 bits per heavy atom. The highest BCUT2D eigenvalue weighted by molar-refractivity contribution is 6.09. The molecular weight excluding hydrogens is 166 g/mol. The van der Waals surface area contributed by atoms with Crippen LogP contribution in [0.15, 0.2) is 24.3 Å².